The van der Waals surface area contributed by atoms with Crippen molar-refractivity contribution in [1.29, 1.82) is 0 Å². The van der Waals surface area contributed by atoms with Crippen LogP contribution in [0.3, 0.4) is 0 Å². The van der Waals surface area contributed by atoms with Crippen molar-refractivity contribution < 1.29 is 18.0 Å². The monoisotopic (exact) mass is 597 g/mol. The van der Waals surface area contributed by atoms with Crippen molar-refractivity contribution in [3.8, 4) is 0 Å². The highest BCUT2D eigenvalue weighted by Crippen LogP contribution is 2.28. The van der Waals surface area contributed by atoms with Crippen LogP contribution >= 0.6 is 0 Å². The van der Waals surface area contributed by atoms with Gasteiger partial charge in [0.25, 0.3) is 10.0 Å². The van der Waals surface area contributed by atoms with E-state index >= 15 is 0 Å². The Morgan fingerprint density at radius 2 is 1.37 bits per heavy atom. The van der Waals surface area contributed by atoms with E-state index in [0.717, 1.165) is 22.3 Å². The number of carbonyl (C=O) groups is 2. The maximum atomic E-state index is 14.5. The average Bonchev–Trinajstić information content (AvgIpc) is 3.03. The van der Waals surface area contributed by atoms with Crippen molar-refractivity contribution >= 4 is 27.5 Å². The van der Waals surface area contributed by atoms with Crippen LogP contribution in [0.2, 0.25) is 0 Å². The van der Waals surface area contributed by atoms with E-state index in [1.165, 1.54) is 21.3 Å². The molecule has 7 nitrogen and oxygen atoms in total. The Labute approximate surface area is 255 Å². The summed E-state index contributed by atoms with van der Waals surface area (Å²) in [5, 5.41) is 2.89. The summed E-state index contributed by atoms with van der Waals surface area (Å²) in [6, 6.07) is 31.8. The largest absolute Gasteiger partial charge is 0.355 e. The van der Waals surface area contributed by atoms with E-state index in [1.54, 1.807) is 30.3 Å². The summed E-state index contributed by atoms with van der Waals surface area (Å²) < 4.78 is 29.4. The number of amides is 2. The smallest absolute Gasteiger partial charge is 0.264 e. The highest BCUT2D eigenvalue weighted by Gasteiger charge is 2.35. The van der Waals surface area contributed by atoms with E-state index < -0.39 is 28.5 Å². The van der Waals surface area contributed by atoms with E-state index in [-0.39, 0.29) is 23.8 Å². The standard InChI is InChI=1S/C35H39N3O4S/c1-4-30-16-12-13-19-32(30)38(43(41,42)31-17-10-7-11-18-31)26-34(39)37(25-29-22-20-27(3)21-23-29)33(35(40)36-5-2)24-28-14-8-6-9-15-28/h6-23,33H,4-5,24-26H2,1-3H3,(H,36,40)/t33-/m0/s1. The molecule has 0 saturated heterocycles. The number of hydrogen-bond donors (Lipinski definition) is 1. The Hall–Kier alpha value is -4.43. The summed E-state index contributed by atoms with van der Waals surface area (Å²) in [6.45, 7) is 5.83. The Morgan fingerprint density at radius 3 is 2.00 bits per heavy atom. The first-order chi connectivity index (χ1) is 20.7. The average molecular weight is 598 g/mol. The molecule has 0 spiro atoms. The van der Waals surface area contributed by atoms with E-state index in [2.05, 4.69) is 5.32 Å². The molecule has 4 aromatic carbocycles. The molecule has 1 atom stereocenters. The lowest BCUT2D eigenvalue weighted by Gasteiger charge is -2.34. The van der Waals surface area contributed by atoms with Crippen LogP contribution in [0.25, 0.3) is 0 Å². The van der Waals surface area contributed by atoms with Gasteiger partial charge in [-0.1, -0.05) is 103 Å². The molecule has 0 fully saturated rings. The lowest BCUT2D eigenvalue weighted by Crippen LogP contribution is -2.53. The number of hydrogen-bond acceptors (Lipinski definition) is 4. The second-order valence-electron chi connectivity index (χ2n) is 10.4. The fraction of sp³-hybridized carbons (Fsp3) is 0.257. The molecule has 0 aliphatic heterocycles. The molecular formula is C35H39N3O4S. The van der Waals surface area contributed by atoms with Crippen LogP contribution < -0.4 is 9.62 Å². The molecule has 0 saturated carbocycles. The summed E-state index contributed by atoms with van der Waals surface area (Å²) in [4.78, 5) is 29.6. The molecule has 1 N–H and O–H groups in total. The van der Waals surface area contributed by atoms with Crippen molar-refractivity contribution in [1.82, 2.24) is 10.2 Å². The number of likely N-dealkylation sites (N-methyl/N-ethyl adjacent to an activating group) is 1. The number of anilines is 1. The van der Waals surface area contributed by atoms with Crippen LogP contribution in [0.5, 0.6) is 0 Å². The molecule has 8 heteroatoms. The molecule has 43 heavy (non-hydrogen) atoms. The van der Waals surface area contributed by atoms with Crippen LogP contribution in [0.1, 0.15) is 36.1 Å². The molecule has 0 radical (unpaired) electrons. The Balaban J connectivity index is 1.81. The first-order valence-electron chi connectivity index (χ1n) is 14.6. The predicted octanol–water partition coefficient (Wildman–Crippen LogP) is 5.53. The van der Waals surface area contributed by atoms with Gasteiger partial charge in [0.05, 0.1) is 10.6 Å². The molecule has 0 unspecified atom stereocenters. The number of aryl methyl sites for hydroxylation is 2. The number of rotatable bonds is 13. The zero-order chi connectivity index (χ0) is 30.8. The fourth-order valence-electron chi connectivity index (χ4n) is 5.02. The van der Waals surface area contributed by atoms with Gasteiger partial charge in [0.2, 0.25) is 11.8 Å². The van der Waals surface area contributed by atoms with Gasteiger partial charge in [0.1, 0.15) is 12.6 Å². The topological polar surface area (TPSA) is 86.8 Å². The molecule has 0 heterocycles. The third-order valence-electron chi connectivity index (χ3n) is 7.35. The summed E-state index contributed by atoms with van der Waals surface area (Å²) in [5.74, 6) is -0.767. The zero-order valence-electron chi connectivity index (χ0n) is 24.9. The molecule has 0 bridgehead atoms. The molecule has 4 rings (SSSR count). The summed E-state index contributed by atoms with van der Waals surface area (Å²) in [5.41, 5.74) is 4.04. The van der Waals surface area contributed by atoms with Crippen molar-refractivity contribution in [2.45, 2.75) is 51.1 Å². The highest BCUT2D eigenvalue weighted by molar-refractivity contribution is 7.92. The van der Waals surface area contributed by atoms with Crippen molar-refractivity contribution in [3.05, 3.63) is 131 Å². The quantitative estimate of drug-likeness (QED) is 0.220. The van der Waals surface area contributed by atoms with Gasteiger partial charge in [-0.25, -0.2) is 8.42 Å². The summed E-state index contributed by atoms with van der Waals surface area (Å²) >= 11 is 0. The van der Waals surface area contributed by atoms with Gasteiger partial charge >= 0.3 is 0 Å². The minimum absolute atomic E-state index is 0.0864. The van der Waals surface area contributed by atoms with E-state index in [1.807, 2.05) is 87.5 Å². The van der Waals surface area contributed by atoms with Crippen LogP contribution in [0, 0.1) is 6.92 Å². The molecule has 2 amide bonds. The second-order valence-corrected chi connectivity index (χ2v) is 12.3. The number of carbonyl (C=O) groups excluding carboxylic acids is 2. The fourth-order valence-corrected chi connectivity index (χ4v) is 6.50. The normalized spacial score (nSPS) is 11.9. The minimum atomic E-state index is -4.12. The SMILES string of the molecule is CCNC(=O)[C@H](Cc1ccccc1)N(Cc1ccc(C)cc1)C(=O)CN(c1ccccc1CC)S(=O)(=O)c1ccccc1. The minimum Gasteiger partial charge on any atom is -0.355 e. The van der Waals surface area contributed by atoms with Crippen LogP contribution in [-0.2, 0) is 39.0 Å². The van der Waals surface area contributed by atoms with Crippen molar-refractivity contribution in [2.24, 2.45) is 0 Å². The van der Waals surface area contributed by atoms with Crippen LogP contribution in [0.15, 0.2) is 114 Å². The van der Waals surface area contributed by atoms with Crippen molar-refractivity contribution in [2.75, 3.05) is 17.4 Å². The third kappa shape index (κ3) is 7.90. The second kappa shape index (κ2) is 14.6. The van der Waals surface area contributed by atoms with E-state index in [0.29, 0.717) is 18.7 Å². The number of benzene rings is 4. The highest BCUT2D eigenvalue weighted by atomic mass is 32.2. The lowest BCUT2D eigenvalue weighted by molar-refractivity contribution is -0.140. The summed E-state index contributed by atoms with van der Waals surface area (Å²) in [6.07, 6.45) is 0.856. The molecular weight excluding hydrogens is 558 g/mol. The van der Waals surface area contributed by atoms with Gasteiger partial charge in [0, 0.05) is 19.5 Å². The van der Waals surface area contributed by atoms with Crippen LogP contribution in [-0.4, -0.2) is 44.3 Å². The number of sulfonamides is 1. The zero-order valence-corrected chi connectivity index (χ0v) is 25.8. The van der Waals surface area contributed by atoms with Gasteiger partial charge in [-0.15, -0.1) is 0 Å². The first-order valence-corrected chi connectivity index (χ1v) is 16.0. The van der Waals surface area contributed by atoms with E-state index in [9.17, 15) is 18.0 Å². The van der Waals surface area contributed by atoms with Crippen LogP contribution in [0.4, 0.5) is 5.69 Å². The van der Waals surface area contributed by atoms with Gasteiger partial charge in [0.15, 0.2) is 0 Å². The molecule has 0 aromatic heterocycles. The Morgan fingerprint density at radius 1 is 0.767 bits per heavy atom. The first kappa shape index (κ1) is 31.5. The number of nitrogens with one attached hydrogen (secondary N) is 1. The van der Waals surface area contributed by atoms with Crippen molar-refractivity contribution in [3.63, 3.8) is 0 Å². The van der Waals surface area contributed by atoms with Gasteiger partial charge in [-0.2, -0.15) is 0 Å². The van der Waals surface area contributed by atoms with E-state index in [4.69, 9.17) is 0 Å². The molecule has 0 aliphatic carbocycles. The predicted molar refractivity (Wildman–Crippen MR) is 171 cm³/mol. The third-order valence-corrected chi connectivity index (χ3v) is 9.12. The Kier molecular flexibility index (Phi) is 10.7. The molecule has 224 valence electrons. The maximum Gasteiger partial charge on any atom is 0.264 e. The molecule has 4 aromatic rings. The summed E-state index contributed by atoms with van der Waals surface area (Å²) in [7, 11) is -4.12. The number of nitrogens with zero attached hydrogens (tertiary/aromatic N) is 2. The lowest BCUT2D eigenvalue weighted by atomic mass is 10.0. The maximum absolute atomic E-state index is 14.5. The van der Waals surface area contributed by atoms with Gasteiger partial charge in [-0.05, 0) is 55.2 Å². The number of para-hydroxylation sites is 1. The molecule has 0 aliphatic rings. The van der Waals surface area contributed by atoms with Gasteiger partial charge < -0.3 is 10.2 Å². The Bertz CT molecular complexity index is 1610. The van der Waals surface area contributed by atoms with Gasteiger partial charge in [-0.3, -0.25) is 13.9 Å².